The molecule has 0 bridgehead atoms. The van der Waals surface area contributed by atoms with Crippen molar-refractivity contribution in [3.05, 3.63) is 51.8 Å². The number of nitrogens with zero attached hydrogens (tertiary/aromatic N) is 4. The second kappa shape index (κ2) is 9.86. The van der Waals surface area contributed by atoms with Crippen molar-refractivity contribution >= 4 is 16.7 Å². The predicted octanol–water partition coefficient (Wildman–Crippen LogP) is 5.15. The van der Waals surface area contributed by atoms with E-state index in [1.54, 1.807) is 7.11 Å². The number of rotatable bonds is 8. The summed E-state index contributed by atoms with van der Waals surface area (Å²) >= 11 is 0. The normalized spacial score (nSPS) is 13.7. The highest BCUT2D eigenvalue weighted by Gasteiger charge is 2.27. The number of ether oxygens (including phenoxy) is 1. The maximum atomic E-state index is 5.50. The van der Waals surface area contributed by atoms with Crippen molar-refractivity contribution in [2.45, 2.75) is 53.4 Å². The van der Waals surface area contributed by atoms with Crippen LogP contribution in [0.1, 0.15) is 46.5 Å². The molecule has 0 radical (unpaired) electrons. The summed E-state index contributed by atoms with van der Waals surface area (Å²) < 4.78 is 8.00. The first kappa shape index (κ1) is 23.8. The molecular weight excluding hydrogens is 408 g/mol. The molecule has 178 valence electrons. The Kier molecular flexibility index (Phi) is 7.10. The van der Waals surface area contributed by atoms with Crippen molar-refractivity contribution in [2.75, 3.05) is 52.3 Å². The fraction of sp³-hybridized carbons (Fsp3) is 0.536. The number of fused-ring (bicyclic) bond motifs is 3. The number of anilines is 1. The average Bonchev–Trinajstić information content (AvgIpc) is 3.07. The first-order valence-corrected chi connectivity index (χ1v) is 12.3. The molecular formula is C28H40N4O. The second-order valence-electron chi connectivity index (χ2n) is 9.98. The van der Waals surface area contributed by atoms with Gasteiger partial charge in [-0.05, 0) is 90.2 Å². The minimum Gasteiger partial charge on any atom is -0.383 e. The Morgan fingerprint density at radius 1 is 0.939 bits per heavy atom. The highest BCUT2D eigenvalue weighted by atomic mass is 16.5. The highest BCUT2D eigenvalue weighted by molar-refractivity contribution is 5.96. The number of methoxy groups -OCH3 is 1. The van der Waals surface area contributed by atoms with Gasteiger partial charge in [0.1, 0.15) is 5.65 Å². The lowest BCUT2D eigenvalue weighted by atomic mass is 9.94. The van der Waals surface area contributed by atoms with Crippen LogP contribution >= 0.6 is 0 Å². The molecule has 0 saturated carbocycles. The summed E-state index contributed by atoms with van der Waals surface area (Å²) in [4.78, 5) is 9.94. The quantitative estimate of drug-likeness (QED) is 0.477. The third kappa shape index (κ3) is 4.67. The summed E-state index contributed by atoms with van der Waals surface area (Å²) in [6, 6.07) is 6.91. The van der Waals surface area contributed by atoms with E-state index in [4.69, 9.17) is 9.72 Å². The molecule has 2 heterocycles. The molecule has 0 N–H and O–H groups in total. The van der Waals surface area contributed by atoms with Gasteiger partial charge in [-0.1, -0.05) is 17.7 Å². The van der Waals surface area contributed by atoms with E-state index in [0.29, 0.717) is 0 Å². The zero-order valence-electron chi connectivity index (χ0n) is 21.6. The van der Waals surface area contributed by atoms with Crippen LogP contribution in [0.2, 0.25) is 0 Å². The molecule has 3 aromatic rings. The molecule has 5 nitrogen and oxygen atoms in total. The number of benzene rings is 1. The smallest absolute Gasteiger partial charge is 0.147 e. The molecule has 1 aliphatic rings. The molecule has 4 rings (SSSR count). The van der Waals surface area contributed by atoms with Crippen LogP contribution in [0.4, 0.5) is 5.69 Å². The van der Waals surface area contributed by atoms with E-state index < -0.39 is 0 Å². The average molecular weight is 449 g/mol. The molecule has 0 aliphatic heterocycles. The minimum absolute atomic E-state index is 0.718. The summed E-state index contributed by atoms with van der Waals surface area (Å²) in [7, 11) is 6.07. The molecule has 2 aromatic heterocycles. The van der Waals surface area contributed by atoms with Crippen LogP contribution in [0.3, 0.4) is 0 Å². The van der Waals surface area contributed by atoms with Gasteiger partial charge in [0.25, 0.3) is 0 Å². The van der Waals surface area contributed by atoms with Crippen LogP contribution in [-0.4, -0.2) is 61.9 Å². The van der Waals surface area contributed by atoms with Crippen molar-refractivity contribution in [3.63, 3.8) is 0 Å². The van der Waals surface area contributed by atoms with Gasteiger partial charge in [0.15, 0.2) is 0 Å². The Balaban J connectivity index is 2.00. The number of aromatic nitrogens is 2. The Morgan fingerprint density at radius 3 is 2.30 bits per heavy atom. The summed E-state index contributed by atoms with van der Waals surface area (Å²) in [5.74, 6) is 0. The van der Waals surface area contributed by atoms with Crippen molar-refractivity contribution in [1.29, 1.82) is 0 Å². The molecule has 0 unspecified atom stereocenters. The molecule has 33 heavy (non-hydrogen) atoms. The zero-order chi connectivity index (χ0) is 23.7. The molecule has 1 aliphatic carbocycles. The third-order valence-corrected chi connectivity index (χ3v) is 6.91. The van der Waals surface area contributed by atoms with Gasteiger partial charge >= 0.3 is 0 Å². The van der Waals surface area contributed by atoms with Crippen molar-refractivity contribution in [3.8, 4) is 5.69 Å². The van der Waals surface area contributed by atoms with E-state index in [2.05, 4.69) is 74.4 Å². The van der Waals surface area contributed by atoms with Crippen LogP contribution in [0.15, 0.2) is 18.2 Å². The van der Waals surface area contributed by atoms with Crippen LogP contribution in [0.5, 0.6) is 0 Å². The molecule has 5 heteroatoms. The Morgan fingerprint density at radius 2 is 1.64 bits per heavy atom. The second-order valence-corrected chi connectivity index (χ2v) is 9.98. The van der Waals surface area contributed by atoms with E-state index in [1.165, 1.54) is 57.6 Å². The van der Waals surface area contributed by atoms with Gasteiger partial charge in [0.05, 0.1) is 12.3 Å². The Bertz CT molecular complexity index is 1120. The van der Waals surface area contributed by atoms with E-state index >= 15 is 0 Å². The fourth-order valence-electron chi connectivity index (χ4n) is 5.51. The lowest BCUT2D eigenvalue weighted by molar-refractivity contribution is 0.204. The van der Waals surface area contributed by atoms with E-state index in [-0.39, 0.29) is 0 Å². The van der Waals surface area contributed by atoms with Gasteiger partial charge in [-0.25, -0.2) is 4.98 Å². The van der Waals surface area contributed by atoms with Crippen LogP contribution < -0.4 is 4.90 Å². The minimum atomic E-state index is 0.718. The van der Waals surface area contributed by atoms with Crippen LogP contribution in [0.25, 0.3) is 16.7 Å². The van der Waals surface area contributed by atoms with Gasteiger partial charge in [0, 0.05) is 49.2 Å². The lowest BCUT2D eigenvalue weighted by Gasteiger charge is -2.27. The SMILES string of the molecule is COCCN(CCN(C)C)c1cc(C)nc2c1c1c(n2-c2c(C)cc(C)cc2C)CCCC1. The van der Waals surface area contributed by atoms with Crippen molar-refractivity contribution < 1.29 is 4.74 Å². The summed E-state index contributed by atoms with van der Waals surface area (Å²) in [6.45, 7) is 12.4. The molecule has 0 spiro atoms. The largest absolute Gasteiger partial charge is 0.383 e. The van der Waals surface area contributed by atoms with Gasteiger partial charge < -0.3 is 14.5 Å². The monoisotopic (exact) mass is 448 g/mol. The standard InChI is InChI=1S/C28H40N4O/c1-19-16-20(2)27(21(3)17-19)32-24-11-9-8-10-23(24)26-25(18-22(4)29-28(26)32)31(14-15-33-7)13-12-30(5)6/h16-18H,8-15H2,1-7H3. The molecule has 0 amide bonds. The first-order chi connectivity index (χ1) is 15.8. The predicted molar refractivity (Wildman–Crippen MR) is 139 cm³/mol. The van der Waals surface area contributed by atoms with Crippen molar-refractivity contribution in [2.24, 2.45) is 0 Å². The molecule has 0 fully saturated rings. The molecule has 0 saturated heterocycles. The topological polar surface area (TPSA) is 33.5 Å². The number of aryl methyl sites for hydroxylation is 5. The van der Waals surface area contributed by atoms with Crippen molar-refractivity contribution in [1.82, 2.24) is 14.5 Å². The van der Waals surface area contributed by atoms with Gasteiger partial charge in [-0.3, -0.25) is 4.57 Å². The fourth-order valence-corrected chi connectivity index (χ4v) is 5.51. The number of hydrogen-bond donors (Lipinski definition) is 0. The number of hydrogen-bond acceptors (Lipinski definition) is 4. The van der Waals surface area contributed by atoms with Crippen LogP contribution in [0, 0.1) is 27.7 Å². The maximum absolute atomic E-state index is 5.50. The maximum Gasteiger partial charge on any atom is 0.147 e. The number of pyridine rings is 1. The van der Waals surface area contributed by atoms with E-state index in [9.17, 15) is 0 Å². The van der Waals surface area contributed by atoms with Crippen LogP contribution in [-0.2, 0) is 17.6 Å². The Labute approximate surface area is 199 Å². The number of likely N-dealkylation sites (N-methyl/N-ethyl adjacent to an activating group) is 1. The summed E-state index contributed by atoms with van der Waals surface area (Å²) in [5.41, 5.74) is 11.8. The molecule has 0 atom stereocenters. The highest BCUT2D eigenvalue weighted by Crippen LogP contribution is 2.40. The summed E-state index contributed by atoms with van der Waals surface area (Å²) in [6.07, 6.45) is 4.75. The third-order valence-electron chi connectivity index (χ3n) is 6.91. The van der Waals surface area contributed by atoms with E-state index in [1.807, 2.05) is 0 Å². The van der Waals surface area contributed by atoms with Gasteiger partial charge in [-0.2, -0.15) is 0 Å². The summed E-state index contributed by atoms with van der Waals surface area (Å²) in [5, 5.41) is 1.35. The van der Waals surface area contributed by atoms with E-state index in [0.717, 1.165) is 50.4 Å². The Hall–Kier alpha value is -2.37. The first-order valence-electron chi connectivity index (χ1n) is 12.3. The lowest BCUT2D eigenvalue weighted by Crippen LogP contribution is -2.34. The zero-order valence-corrected chi connectivity index (χ0v) is 21.6. The molecule has 1 aromatic carbocycles. The van der Waals surface area contributed by atoms with Gasteiger partial charge in [0.2, 0.25) is 0 Å². The van der Waals surface area contributed by atoms with Gasteiger partial charge in [-0.15, -0.1) is 0 Å².